The molecular formula is C18H17N3O8S2. The summed E-state index contributed by atoms with van der Waals surface area (Å²) < 4.78 is 70.7. The maximum absolute atomic E-state index is 11.7. The summed E-state index contributed by atoms with van der Waals surface area (Å²) in [5, 5.41) is 18.3. The lowest BCUT2D eigenvalue weighted by molar-refractivity contribution is 0.412. The highest BCUT2D eigenvalue weighted by atomic mass is 32.2. The smallest absolute Gasteiger partial charge is 0.297 e. The van der Waals surface area contributed by atoms with Crippen molar-refractivity contribution in [2.45, 2.75) is 16.7 Å². The van der Waals surface area contributed by atoms with Gasteiger partial charge in [0, 0.05) is 16.8 Å². The highest BCUT2D eigenvalue weighted by Crippen LogP contribution is 2.42. The topological polar surface area (TPSA) is 189 Å². The Morgan fingerprint density at radius 1 is 0.935 bits per heavy atom. The number of nitrogens with two attached hydrogens (primary N) is 1. The van der Waals surface area contributed by atoms with Crippen LogP contribution in [-0.4, -0.2) is 38.2 Å². The molecule has 3 rings (SSSR count). The molecule has 0 aliphatic heterocycles. The molecule has 0 atom stereocenters. The van der Waals surface area contributed by atoms with E-state index < -0.39 is 35.8 Å². The van der Waals surface area contributed by atoms with Crippen LogP contribution >= 0.6 is 0 Å². The van der Waals surface area contributed by atoms with Crippen molar-refractivity contribution in [3.8, 4) is 11.5 Å². The van der Waals surface area contributed by atoms with E-state index in [9.17, 15) is 31.0 Å². The normalized spacial score (nSPS) is 12.5. The molecule has 0 saturated heterocycles. The highest BCUT2D eigenvalue weighted by Gasteiger charge is 2.22. The summed E-state index contributed by atoms with van der Waals surface area (Å²) in [6, 6.07) is 7.57. The Morgan fingerprint density at radius 2 is 1.61 bits per heavy atom. The molecule has 0 saturated carbocycles. The van der Waals surface area contributed by atoms with Gasteiger partial charge in [-0.05, 0) is 42.8 Å². The Labute approximate surface area is 177 Å². The average Bonchev–Trinajstić information content (AvgIpc) is 2.65. The van der Waals surface area contributed by atoms with Crippen LogP contribution in [-0.2, 0) is 20.2 Å². The van der Waals surface area contributed by atoms with Crippen molar-refractivity contribution in [3.05, 3.63) is 42.0 Å². The van der Waals surface area contributed by atoms with Crippen LogP contribution in [0.25, 0.3) is 10.8 Å². The van der Waals surface area contributed by atoms with Gasteiger partial charge in [0.05, 0.1) is 12.8 Å². The van der Waals surface area contributed by atoms with E-state index in [0.717, 1.165) is 6.07 Å². The fourth-order valence-corrected chi connectivity index (χ4v) is 4.44. The Morgan fingerprint density at radius 3 is 2.19 bits per heavy atom. The van der Waals surface area contributed by atoms with Gasteiger partial charge in [-0.1, -0.05) is 0 Å². The van der Waals surface area contributed by atoms with Gasteiger partial charge in [-0.2, -0.15) is 16.8 Å². The number of phenols is 1. The quantitative estimate of drug-likeness (QED) is 0.248. The standard InChI is InChI=1S/C18H17N3O8S2/c1-9-7-12-11(4-5-13(19)18(12)31(26,27)28)17(22)16(9)21-20-14-6-3-10(29-2)8-15(14)30(23,24)25/h3-8,22H,19H2,1-2H3,(H,23,24,25)(H,26,27,28). The molecule has 0 heterocycles. The van der Waals surface area contributed by atoms with Crippen molar-refractivity contribution in [1.82, 2.24) is 0 Å². The Bertz CT molecular complexity index is 1450. The van der Waals surface area contributed by atoms with Gasteiger partial charge in [0.2, 0.25) is 0 Å². The average molecular weight is 467 g/mol. The molecule has 3 aromatic carbocycles. The molecule has 0 fully saturated rings. The molecular weight excluding hydrogens is 450 g/mol. The predicted octanol–water partition coefficient (Wildman–Crippen LogP) is 3.35. The number of hydrogen-bond acceptors (Lipinski definition) is 9. The second kappa shape index (κ2) is 7.77. The van der Waals surface area contributed by atoms with Crippen molar-refractivity contribution >= 4 is 48.1 Å². The van der Waals surface area contributed by atoms with E-state index in [0.29, 0.717) is 0 Å². The van der Waals surface area contributed by atoms with Gasteiger partial charge < -0.3 is 15.6 Å². The van der Waals surface area contributed by atoms with Gasteiger partial charge in [0.25, 0.3) is 20.2 Å². The van der Waals surface area contributed by atoms with E-state index in [1.807, 2.05) is 0 Å². The van der Waals surface area contributed by atoms with E-state index in [-0.39, 0.29) is 39.1 Å². The molecule has 0 unspecified atom stereocenters. The number of hydrogen-bond donors (Lipinski definition) is 4. The molecule has 13 heteroatoms. The molecule has 5 N–H and O–H groups in total. The lowest BCUT2D eigenvalue weighted by Gasteiger charge is -2.12. The predicted molar refractivity (Wildman–Crippen MR) is 112 cm³/mol. The van der Waals surface area contributed by atoms with E-state index in [1.54, 1.807) is 0 Å². The number of rotatable bonds is 5. The fraction of sp³-hybridized carbons (Fsp3) is 0.111. The summed E-state index contributed by atoms with van der Waals surface area (Å²) in [5.41, 5.74) is 5.41. The highest BCUT2D eigenvalue weighted by molar-refractivity contribution is 7.86. The van der Waals surface area contributed by atoms with Gasteiger partial charge in [0.1, 0.15) is 26.9 Å². The number of ether oxygens (including phenoxy) is 1. The third-order valence-electron chi connectivity index (χ3n) is 4.40. The number of benzene rings is 3. The van der Waals surface area contributed by atoms with Crippen molar-refractivity contribution in [2.24, 2.45) is 10.2 Å². The minimum absolute atomic E-state index is 0.0195. The minimum Gasteiger partial charge on any atom is -0.505 e. The lowest BCUT2D eigenvalue weighted by atomic mass is 10.0. The van der Waals surface area contributed by atoms with Crippen LogP contribution < -0.4 is 10.5 Å². The zero-order valence-electron chi connectivity index (χ0n) is 16.1. The summed E-state index contributed by atoms with van der Waals surface area (Å²) >= 11 is 0. The molecule has 0 radical (unpaired) electrons. The first-order valence-corrected chi connectivity index (χ1v) is 11.3. The summed E-state index contributed by atoms with van der Waals surface area (Å²) in [6.07, 6.45) is 0. The Hall–Kier alpha value is -3.26. The Kier molecular flexibility index (Phi) is 5.62. The molecule has 11 nitrogen and oxygen atoms in total. The van der Waals surface area contributed by atoms with Crippen LogP contribution in [0.4, 0.5) is 17.1 Å². The maximum atomic E-state index is 11.7. The number of nitrogens with zero attached hydrogens (tertiary/aromatic N) is 2. The molecule has 3 aromatic rings. The van der Waals surface area contributed by atoms with Gasteiger partial charge in [-0.25, -0.2) is 0 Å². The molecule has 0 spiro atoms. The van der Waals surface area contributed by atoms with Gasteiger partial charge >= 0.3 is 0 Å². The first kappa shape index (κ1) is 22.4. The lowest BCUT2D eigenvalue weighted by Crippen LogP contribution is -2.04. The number of fused-ring (bicyclic) bond motifs is 1. The number of phenolic OH excluding ortho intramolecular Hbond substituents is 1. The second-order valence-corrected chi connectivity index (χ2v) is 9.20. The summed E-state index contributed by atoms with van der Waals surface area (Å²) in [7, 11) is -8.03. The van der Waals surface area contributed by atoms with E-state index in [4.69, 9.17) is 10.5 Å². The van der Waals surface area contributed by atoms with E-state index in [2.05, 4.69) is 10.2 Å². The third kappa shape index (κ3) is 4.29. The number of azo groups is 1. The monoisotopic (exact) mass is 467 g/mol. The van der Waals surface area contributed by atoms with Crippen LogP contribution in [0.2, 0.25) is 0 Å². The number of aromatic hydroxyl groups is 1. The number of methoxy groups -OCH3 is 1. The zero-order valence-corrected chi connectivity index (χ0v) is 17.8. The van der Waals surface area contributed by atoms with Gasteiger partial charge in [-0.3, -0.25) is 9.11 Å². The van der Waals surface area contributed by atoms with Crippen LogP contribution in [0.15, 0.2) is 56.4 Å². The summed E-state index contributed by atoms with van der Waals surface area (Å²) in [5.74, 6) is -0.308. The summed E-state index contributed by atoms with van der Waals surface area (Å²) in [6.45, 7) is 1.49. The van der Waals surface area contributed by atoms with Crippen LogP contribution in [0.3, 0.4) is 0 Å². The third-order valence-corrected chi connectivity index (χ3v) is 6.26. The fourth-order valence-electron chi connectivity index (χ4n) is 2.99. The minimum atomic E-state index is -4.69. The molecule has 0 aromatic heterocycles. The van der Waals surface area contributed by atoms with Crippen molar-refractivity contribution in [2.75, 3.05) is 12.8 Å². The SMILES string of the molecule is COc1ccc(N=Nc2c(C)cc3c(S(=O)(=O)O)c(N)ccc3c2O)c(S(=O)(=O)O)c1. The van der Waals surface area contributed by atoms with Gasteiger partial charge in [0.15, 0.2) is 5.75 Å². The maximum Gasteiger partial charge on any atom is 0.297 e. The first-order valence-electron chi connectivity index (χ1n) is 8.44. The van der Waals surface area contributed by atoms with Crippen LogP contribution in [0.1, 0.15) is 5.56 Å². The second-order valence-electron chi connectivity index (χ2n) is 6.45. The van der Waals surface area contributed by atoms with Crippen molar-refractivity contribution < 1.29 is 35.8 Å². The van der Waals surface area contributed by atoms with Gasteiger partial charge in [-0.15, -0.1) is 10.2 Å². The molecule has 0 bridgehead atoms. The largest absolute Gasteiger partial charge is 0.505 e. The number of anilines is 1. The number of aryl methyl sites for hydroxylation is 1. The van der Waals surface area contributed by atoms with E-state index in [1.165, 1.54) is 44.4 Å². The molecule has 31 heavy (non-hydrogen) atoms. The molecule has 0 aliphatic carbocycles. The van der Waals surface area contributed by atoms with E-state index >= 15 is 0 Å². The van der Waals surface area contributed by atoms with Crippen LogP contribution in [0, 0.1) is 6.92 Å². The summed E-state index contributed by atoms with van der Waals surface area (Å²) in [4.78, 5) is -1.12. The molecule has 0 aliphatic rings. The first-order chi connectivity index (χ1) is 14.3. The molecule has 0 amide bonds. The van der Waals surface area contributed by atoms with Crippen LogP contribution in [0.5, 0.6) is 11.5 Å². The van der Waals surface area contributed by atoms with Crippen molar-refractivity contribution in [3.63, 3.8) is 0 Å². The Balaban J connectivity index is 2.23. The van der Waals surface area contributed by atoms with Crippen molar-refractivity contribution in [1.29, 1.82) is 0 Å². The zero-order chi connectivity index (χ0) is 23.1. The number of nitrogen functional groups attached to an aromatic ring is 1. The molecule has 164 valence electrons.